The second-order valence-corrected chi connectivity index (χ2v) is 13.2. The minimum atomic E-state index is -0.767. The highest BCUT2D eigenvalue weighted by Crippen LogP contribution is 2.66. The molecule has 3 fully saturated rings. The molecule has 5 heteroatoms. The van der Waals surface area contributed by atoms with Crippen molar-refractivity contribution in [3.63, 3.8) is 0 Å². The summed E-state index contributed by atoms with van der Waals surface area (Å²) in [5.74, 6) is 0.932. The summed E-state index contributed by atoms with van der Waals surface area (Å²) in [6, 6.07) is 10.1. The maximum atomic E-state index is 12.3. The first kappa shape index (κ1) is 28.0. The number of rotatable bonds is 10. The van der Waals surface area contributed by atoms with Gasteiger partial charge < -0.3 is 20.1 Å². The van der Waals surface area contributed by atoms with Crippen LogP contribution >= 0.6 is 0 Å². The lowest BCUT2D eigenvalue weighted by molar-refractivity contribution is -0.107. The van der Waals surface area contributed by atoms with E-state index in [1.807, 2.05) is 30.3 Å². The third kappa shape index (κ3) is 5.17. The van der Waals surface area contributed by atoms with Gasteiger partial charge in [-0.1, -0.05) is 74.4 Å². The summed E-state index contributed by atoms with van der Waals surface area (Å²) in [7, 11) is 0. The molecule has 5 rings (SSSR count). The lowest BCUT2D eigenvalue weighted by Crippen LogP contribution is -2.56. The first-order valence-corrected chi connectivity index (χ1v) is 15.0. The molecule has 3 N–H and O–H groups in total. The Morgan fingerprint density at radius 3 is 2.55 bits per heavy atom. The highest BCUT2D eigenvalue weighted by Gasteiger charge is 2.62. The zero-order valence-electron chi connectivity index (χ0n) is 23.7. The molecule has 38 heavy (non-hydrogen) atoms. The van der Waals surface area contributed by atoms with Crippen LogP contribution < -0.4 is 0 Å². The summed E-state index contributed by atoms with van der Waals surface area (Å²) in [5.41, 5.74) is 3.32. The molecule has 0 heterocycles. The first-order valence-electron chi connectivity index (χ1n) is 15.0. The molecule has 0 radical (unpaired) electrons. The molecule has 1 aromatic rings. The van der Waals surface area contributed by atoms with Crippen molar-refractivity contribution in [3.8, 4) is 0 Å². The summed E-state index contributed by atoms with van der Waals surface area (Å²) in [6.07, 6.45) is 11.6. The van der Waals surface area contributed by atoms with E-state index in [0.29, 0.717) is 38.1 Å². The zero-order chi connectivity index (χ0) is 27.0. The van der Waals surface area contributed by atoms with Gasteiger partial charge in [0.25, 0.3) is 0 Å². The standard InChI is InChI=1S/C33H49NO4/c1-4-18-34(20-27(36)22-38-21-24-8-6-5-7-9-24)23-33(37)17-14-30-28-11-10-25-19-26(35)12-15-31(25,2)29(28)13-16-32(30,33)3/h5-11,26-27,29-30,35-37H,4,12-23H2,1-3H3/t26-,27+,29-,30-,31-,32-,33+/m0/s1. The van der Waals surface area contributed by atoms with E-state index in [-0.39, 0.29) is 16.9 Å². The first-order chi connectivity index (χ1) is 18.2. The molecule has 4 aliphatic carbocycles. The quantitative estimate of drug-likeness (QED) is 0.391. The van der Waals surface area contributed by atoms with Gasteiger partial charge in [-0.3, -0.25) is 4.90 Å². The number of hydrogen-bond donors (Lipinski definition) is 3. The molecule has 0 saturated heterocycles. The van der Waals surface area contributed by atoms with E-state index in [9.17, 15) is 15.3 Å². The van der Waals surface area contributed by atoms with E-state index in [2.05, 4.69) is 37.8 Å². The highest BCUT2D eigenvalue weighted by atomic mass is 16.5. The number of fused-ring (bicyclic) bond motifs is 5. The van der Waals surface area contributed by atoms with Crippen molar-refractivity contribution in [1.29, 1.82) is 0 Å². The largest absolute Gasteiger partial charge is 0.393 e. The Balaban J connectivity index is 1.25. The predicted molar refractivity (Wildman–Crippen MR) is 151 cm³/mol. The zero-order valence-corrected chi connectivity index (χ0v) is 23.7. The molecule has 0 aliphatic heterocycles. The van der Waals surface area contributed by atoms with E-state index in [1.165, 1.54) is 5.57 Å². The second-order valence-electron chi connectivity index (χ2n) is 13.2. The number of nitrogens with zero attached hydrogens (tertiary/aromatic N) is 1. The highest BCUT2D eigenvalue weighted by molar-refractivity contribution is 5.39. The van der Waals surface area contributed by atoms with Crippen molar-refractivity contribution in [2.24, 2.45) is 22.7 Å². The lowest BCUT2D eigenvalue weighted by atomic mass is 9.50. The molecule has 0 aromatic heterocycles. The lowest BCUT2D eigenvalue weighted by Gasteiger charge is -2.56. The van der Waals surface area contributed by atoms with Gasteiger partial charge in [-0.15, -0.1) is 0 Å². The average Bonchev–Trinajstić information content (AvgIpc) is 3.15. The van der Waals surface area contributed by atoms with Gasteiger partial charge in [-0.05, 0) is 80.7 Å². The van der Waals surface area contributed by atoms with Crippen LogP contribution in [0.3, 0.4) is 0 Å². The van der Waals surface area contributed by atoms with Crippen LogP contribution in [0.5, 0.6) is 0 Å². The summed E-state index contributed by atoms with van der Waals surface area (Å²) in [6.45, 7) is 9.70. The molecular formula is C33H49NO4. The Labute approximate surface area is 229 Å². The Morgan fingerprint density at radius 1 is 1.03 bits per heavy atom. The molecule has 1 aromatic carbocycles. The van der Waals surface area contributed by atoms with E-state index in [1.54, 1.807) is 5.57 Å². The third-order valence-electron chi connectivity index (χ3n) is 10.8. The molecule has 0 bridgehead atoms. The minimum Gasteiger partial charge on any atom is -0.393 e. The van der Waals surface area contributed by atoms with Gasteiger partial charge in [-0.2, -0.15) is 0 Å². The normalized spacial score (nSPS) is 37.2. The van der Waals surface area contributed by atoms with Gasteiger partial charge in [0, 0.05) is 18.5 Å². The smallest absolute Gasteiger partial charge is 0.0900 e. The van der Waals surface area contributed by atoms with Crippen molar-refractivity contribution in [2.75, 3.05) is 26.2 Å². The maximum Gasteiger partial charge on any atom is 0.0900 e. The van der Waals surface area contributed by atoms with Crippen LogP contribution in [-0.2, 0) is 11.3 Å². The second kappa shape index (κ2) is 11.2. The van der Waals surface area contributed by atoms with Crippen LogP contribution in [0.1, 0.15) is 77.7 Å². The van der Waals surface area contributed by atoms with Gasteiger partial charge in [0.05, 0.1) is 31.0 Å². The van der Waals surface area contributed by atoms with Crippen LogP contribution in [0.25, 0.3) is 0 Å². The van der Waals surface area contributed by atoms with Crippen LogP contribution in [0, 0.1) is 22.7 Å². The maximum absolute atomic E-state index is 12.3. The minimum absolute atomic E-state index is 0.156. The average molecular weight is 524 g/mol. The molecule has 3 saturated carbocycles. The molecule has 7 atom stereocenters. The fraction of sp³-hybridized carbons (Fsp3) is 0.697. The fourth-order valence-corrected chi connectivity index (χ4v) is 8.51. The van der Waals surface area contributed by atoms with Gasteiger partial charge in [0.15, 0.2) is 0 Å². The van der Waals surface area contributed by atoms with Gasteiger partial charge in [-0.25, -0.2) is 0 Å². The van der Waals surface area contributed by atoms with Crippen LogP contribution in [-0.4, -0.2) is 64.3 Å². The number of aliphatic hydroxyl groups excluding tert-OH is 2. The number of allylic oxidation sites excluding steroid dienone is 3. The molecule has 0 spiro atoms. The summed E-state index contributed by atoms with van der Waals surface area (Å²) in [5, 5.41) is 33.4. The number of aliphatic hydroxyl groups is 3. The van der Waals surface area contributed by atoms with Gasteiger partial charge in [0.2, 0.25) is 0 Å². The van der Waals surface area contributed by atoms with Crippen molar-refractivity contribution in [3.05, 3.63) is 59.2 Å². The molecule has 4 aliphatic rings. The molecular weight excluding hydrogens is 474 g/mol. The van der Waals surface area contributed by atoms with Crippen molar-refractivity contribution in [1.82, 2.24) is 4.90 Å². The van der Waals surface area contributed by atoms with E-state index < -0.39 is 11.7 Å². The number of ether oxygens (including phenoxy) is 1. The summed E-state index contributed by atoms with van der Waals surface area (Å²) in [4.78, 5) is 2.27. The summed E-state index contributed by atoms with van der Waals surface area (Å²) >= 11 is 0. The van der Waals surface area contributed by atoms with Crippen molar-refractivity contribution >= 4 is 0 Å². The van der Waals surface area contributed by atoms with Crippen molar-refractivity contribution in [2.45, 2.75) is 96.6 Å². The SMILES string of the molecule is CCCN(C[C@@H](O)COCc1ccccc1)C[C@]1(O)CC[C@H]2C3=CC=C4C[C@@H](O)CC[C@]4(C)[C@H]3CC[C@@]21C. The Kier molecular flexibility index (Phi) is 8.24. The Hall–Kier alpha value is -1.50. The topological polar surface area (TPSA) is 73.2 Å². The monoisotopic (exact) mass is 523 g/mol. The van der Waals surface area contributed by atoms with Crippen LogP contribution in [0.2, 0.25) is 0 Å². The number of hydrogen-bond acceptors (Lipinski definition) is 5. The molecule has 5 nitrogen and oxygen atoms in total. The van der Waals surface area contributed by atoms with Gasteiger partial charge in [0.1, 0.15) is 0 Å². The fourth-order valence-electron chi connectivity index (χ4n) is 8.51. The molecule has 0 unspecified atom stereocenters. The van der Waals surface area contributed by atoms with Crippen molar-refractivity contribution < 1.29 is 20.1 Å². The molecule has 210 valence electrons. The van der Waals surface area contributed by atoms with Gasteiger partial charge >= 0.3 is 0 Å². The number of benzene rings is 1. The third-order valence-corrected chi connectivity index (χ3v) is 10.8. The predicted octanol–water partition coefficient (Wildman–Crippen LogP) is 5.25. The Morgan fingerprint density at radius 2 is 1.79 bits per heavy atom. The summed E-state index contributed by atoms with van der Waals surface area (Å²) < 4.78 is 5.81. The van der Waals surface area contributed by atoms with E-state index >= 15 is 0 Å². The van der Waals surface area contributed by atoms with E-state index in [0.717, 1.165) is 63.5 Å². The van der Waals surface area contributed by atoms with Crippen LogP contribution in [0.4, 0.5) is 0 Å². The molecule has 0 amide bonds. The Bertz CT molecular complexity index is 1020. The van der Waals surface area contributed by atoms with E-state index in [4.69, 9.17) is 4.74 Å². The van der Waals surface area contributed by atoms with Crippen LogP contribution in [0.15, 0.2) is 53.6 Å².